The highest BCUT2D eigenvalue weighted by Gasteiger charge is 2.28. The van der Waals surface area contributed by atoms with E-state index in [0.717, 1.165) is 11.1 Å². The first-order valence-corrected chi connectivity index (χ1v) is 12.1. The van der Waals surface area contributed by atoms with Crippen LogP contribution in [-0.4, -0.2) is 30.3 Å². The first kappa shape index (κ1) is 24.0. The minimum atomic E-state index is -3.85. The van der Waals surface area contributed by atoms with E-state index in [1.54, 1.807) is 44.2 Å². The van der Waals surface area contributed by atoms with Crippen LogP contribution in [0.1, 0.15) is 45.4 Å². The lowest BCUT2D eigenvalue weighted by molar-refractivity contribution is 0.0519. The highest BCUT2D eigenvalue weighted by atomic mass is 35.5. The molecule has 0 bridgehead atoms. The molecule has 0 unspecified atom stereocenters. The van der Waals surface area contributed by atoms with Crippen LogP contribution in [0.15, 0.2) is 53.4 Å². The van der Waals surface area contributed by atoms with E-state index in [0.29, 0.717) is 27.5 Å². The molecule has 6 nitrogen and oxygen atoms in total. The van der Waals surface area contributed by atoms with Crippen molar-refractivity contribution in [3.8, 4) is 0 Å². The number of hydrogen-bond acceptors (Lipinski definition) is 4. The van der Waals surface area contributed by atoms with Crippen LogP contribution in [-0.2, 0) is 27.8 Å². The van der Waals surface area contributed by atoms with Crippen molar-refractivity contribution in [1.82, 2.24) is 9.29 Å². The number of aromatic amines is 1. The van der Waals surface area contributed by atoms with E-state index in [9.17, 15) is 13.2 Å². The molecule has 0 aliphatic rings. The molecule has 3 aromatic rings. The predicted molar refractivity (Wildman–Crippen MR) is 125 cm³/mol. The molecule has 0 fully saturated rings. The van der Waals surface area contributed by atoms with Gasteiger partial charge in [-0.3, -0.25) is 0 Å². The van der Waals surface area contributed by atoms with E-state index in [-0.39, 0.29) is 24.6 Å². The number of carbonyl (C=O) groups excluding carboxylic acids is 1. The highest BCUT2D eigenvalue weighted by Crippen LogP contribution is 2.28. The average Bonchev–Trinajstić information content (AvgIpc) is 3.03. The number of hydrogen-bond donors (Lipinski definition) is 1. The zero-order valence-corrected chi connectivity index (χ0v) is 20.2. The number of nitrogens with one attached hydrogen (secondary N) is 1. The number of aromatic nitrogens is 1. The first-order chi connectivity index (χ1) is 15.1. The molecule has 170 valence electrons. The normalized spacial score (nSPS) is 11.7. The van der Waals surface area contributed by atoms with Gasteiger partial charge in [-0.1, -0.05) is 41.9 Å². The van der Waals surface area contributed by atoms with Crippen LogP contribution < -0.4 is 0 Å². The lowest BCUT2D eigenvalue weighted by Crippen LogP contribution is -2.31. The summed E-state index contributed by atoms with van der Waals surface area (Å²) in [6, 6.07) is 14.0. The third-order valence-electron chi connectivity index (χ3n) is 5.34. The molecule has 3 rings (SSSR count). The Bertz CT molecular complexity index is 1230. The van der Waals surface area contributed by atoms with Gasteiger partial charge >= 0.3 is 5.97 Å². The molecule has 32 heavy (non-hydrogen) atoms. The summed E-state index contributed by atoms with van der Waals surface area (Å²) in [7, 11) is -3.85. The lowest BCUT2D eigenvalue weighted by atomic mass is 10.1. The molecule has 0 aliphatic carbocycles. The molecule has 0 saturated heterocycles. The van der Waals surface area contributed by atoms with E-state index in [1.807, 2.05) is 32.0 Å². The van der Waals surface area contributed by atoms with Gasteiger partial charge in [0.15, 0.2) is 0 Å². The van der Waals surface area contributed by atoms with Crippen LogP contribution in [0.4, 0.5) is 0 Å². The van der Waals surface area contributed by atoms with Gasteiger partial charge in [-0.2, -0.15) is 4.31 Å². The van der Waals surface area contributed by atoms with Gasteiger partial charge in [0.2, 0.25) is 10.0 Å². The molecule has 0 radical (unpaired) electrons. The van der Waals surface area contributed by atoms with Crippen molar-refractivity contribution in [2.45, 2.75) is 45.7 Å². The fourth-order valence-corrected chi connectivity index (χ4v) is 5.26. The smallest absolute Gasteiger partial charge is 0.355 e. The average molecular weight is 475 g/mol. The lowest BCUT2D eigenvalue weighted by Gasteiger charge is -2.23. The van der Waals surface area contributed by atoms with Crippen molar-refractivity contribution in [3.63, 3.8) is 0 Å². The van der Waals surface area contributed by atoms with Crippen LogP contribution in [0, 0.1) is 20.8 Å². The summed E-state index contributed by atoms with van der Waals surface area (Å²) < 4.78 is 33.8. The Morgan fingerprint density at radius 3 is 2.44 bits per heavy atom. The summed E-state index contributed by atoms with van der Waals surface area (Å²) in [5.74, 6) is -0.460. The quantitative estimate of drug-likeness (QED) is 0.457. The molecule has 8 heteroatoms. The fraction of sp³-hybridized carbons (Fsp3) is 0.292. The van der Waals surface area contributed by atoms with Crippen molar-refractivity contribution in [1.29, 1.82) is 0 Å². The Balaban J connectivity index is 2.06. The predicted octanol–water partition coefficient (Wildman–Crippen LogP) is 5.16. The van der Waals surface area contributed by atoms with Gasteiger partial charge in [-0.25, -0.2) is 13.2 Å². The molecule has 1 heterocycles. The number of esters is 1. The van der Waals surface area contributed by atoms with Gasteiger partial charge in [0, 0.05) is 23.8 Å². The largest absolute Gasteiger partial charge is 0.461 e. The van der Waals surface area contributed by atoms with Gasteiger partial charge < -0.3 is 9.72 Å². The monoisotopic (exact) mass is 474 g/mol. The zero-order valence-electron chi connectivity index (χ0n) is 18.6. The zero-order chi connectivity index (χ0) is 23.5. The van der Waals surface area contributed by atoms with Crippen LogP contribution in [0.2, 0.25) is 5.02 Å². The van der Waals surface area contributed by atoms with Crippen LogP contribution in [0.3, 0.4) is 0 Å². The van der Waals surface area contributed by atoms with E-state index in [4.69, 9.17) is 16.3 Å². The molecule has 0 spiro atoms. The Labute approximate surface area is 194 Å². The summed E-state index contributed by atoms with van der Waals surface area (Å²) in [6.07, 6.45) is 0. The molecular weight excluding hydrogens is 448 g/mol. The second-order valence-electron chi connectivity index (χ2n) is 7.63. The molecule has 0 atom stereocenters. The van der Waals surface area contributed by atoms with E-state index < -0.39 is 16.0 Å². The number of aryl methyl sites for hydroxylation is 2. The first-order valence-electron chi connectivity index (χ1n) is 10.3. The number of carbonyl (C=O) groups is 1. The molecular formula is C24H27ClN2O4S. The van der Waals surface area contributed by atoms with Crippen molar-refractivity contribution in [2.24, 2.45) is 0 Å². The van der Waals surface area contributed by atoms with E-state index in [2.05, 4.69) is 4.98 Å². The van der Waals surface area contributed by atoms with Crippen molar-refractivity contribution < 1.29 is 17.9 Å². The summed E-state index contributed by atoms with van der Waals surface area (Å²) >= 11 is 6.35. The maximum absolute atomic E-state index is 13.7. The minimum absolute atomic E-state index is 0.0784. The highest BCUT2D eigenvalue weighted by molar-refractivity contribution is 7.89. The Kier molecular flexibility index (Phi) is 7.44. The van der Waals surface area contributed by atoms with Gasteiger partial charge in [0.25, 0.3) is 0 Å². The van der Waals surface area contributed by atoms with Gasteiger partial charge in [-0.15, -0.1) is 0 Å². The topological polar surface area (TPSA) is 79.5 Å². The SMILES string of the molecule is CCOC(=O)c1[nH]c(C)c(CN(Cc2ccccc2Cl)S(=O)(=O)c2cccc(C)c2)c1C. The Hall–Kier alpha value is -2.61. The molecule has 0 saturated carbocycles. The maximum Gasteiger partial charge on any atom is 0.355 e. The van der Waals surface area contributed by atoms with E-state index >= 15 is 0 Å². The van der Waals surface area contributed by atoms with Gasteiger partial charge in [0.1, 0.15) is 5.69 Å². The summed E-state index contributed by atoms with van der Waals surface area (Å²) in [5.41, 5.74) is 4.00. The second kappa shape index (κ2) is 9.90. The number of rotatable bonds is 8. The molecule has 1 N–H and O–H groups in total. The maximum atomic E-state index is 13.7. The standard InChI is InChI=1S/C24H27ClN2O4S/c1-5-31-24(28)23-17(3)21(18(4)26-23)15-27(14-19-10-6-7-12-22(19)25)32(29,30)20-11-8-9-16(2)13-20/h6-13,26H,5,14-15H2,1-4H3. The second-order valence-corrected chi connectivity index (χ2v) is 9.98. The third-order valence-corrected chi connectivity index (χ3v) is 7.50. The Morgan fingerprint density at radius 1 is 1.06 bits per heavy atom. The van der Waals surface area contributed by atoms with Crippen LogP contribution >= 0.6 is 11.6 Å². The number of sulfonamides is 1. The summed E-state index contributed by atoms with van der Waals surface area (Å²) in [5, 5.41) is 0.492. The number of ether oxygens (including phenoxy) is 1. The number of halogens is 1. The van der Waals surface area contributed by atoms with Gasteiger partial charge in [0.05, 0.1) is 11.5 Å². The number of nitrogens with zero attached hydrogens (tertiary/aromatic N) is 1. The van der Waals surface area contributed by atoms with Crippen LogP contribution in [0.5, 0.6) is 0 Å². The molecule has 0 amide bonds. The van der Waals surface area contributed by atoms with Crippen molar-refractivity contribution in [2.75, 3.05) is 6.61 Å². The molecule has 2 aromatic carbocycles. The number of H-pyrrole nitrogens is 1. The fourth-order valence-electron chi connectivity index (χ4n) is 3.58. The minimum Gasteiger partial charge on any atom is -0.461 e. The van der Waals surface area contributed by atoms with Crippen molar-refractivity contribution in [3.05, 3.63) is 87.2 Å². The molecule has 1 aromatic heterocycles. The third kappa shape index (κ3) is 5.06. The number of benzene rings is 2. The summed E-state index contributed by atoms with van der Waals surface area (Å²) in [4.78, 5) is 15.6. The van der Waals surface area contributed by atoms with Crippen LogP contribution in [0.25, 0.3) is 0 Å². The van der Waals surface area contributed by atoms with Gasteiger partial charge in [-0.05, 0) is 68.1 Å². The summed E-state index contributed by atoms with van der Waals surface area (Å²) in [6.45, 7) is 7.62. The van der Waals surface area contributed by atoms with E-state index in [1.165, 1.54) is 4.31 Å². The molecule has 0 aliphatic heterocycles. The van der Waals surface area contributed by atoms with Crippen molar-refractivity contribution >= 4 is 27.6 Å². The Morgan fingerprint density at radius 2 is 1.78 bits per heavy atom.